The molecule has 0 aliphatic heterocycles. The van der Waals surface area contributed by atoms with Gasteiger partial charge in [0, 0.05) is 11.0 Å². The molecule has 1 N–H and O–H groups in total. The average Bonchev–Trinajstić information content (AvgIpc) is 2.39. The van der Waals surface area contributed by atoms with E-state index in [1.165, 1.54) is 11.9 Å². The Morgan fingerprint density at radius 2 is 1.94 bits per heavy atom. The third kappa shape index (κ3) is 2.98. The highest BCUT2D eigenvalue weighted by atomic mass is 79.9. The van der Waals surface area contributed by atoms with Gasteiger partial charge in [-0.05, 0) is 24.6 Å². The zero-order chi connectivity index (χ0) is 13.0. The van der Waals surface area contributed by atoms with E-state index in [4.69, 9.17) is 4.74 Å². The monoisotopic (exact) mass is 307 g/mol. The van der Waals surface area contributed by atoms with Gasteiger partial charge in [0.15, 0.2) is 0 Å². The number of benzene rings is 1. The molecule has 1 aromatic carbocycles. The van der Waals surface area contributed by atoms with Crippen LogP contribution in [0.3, 0.4) is 0 Å². The van der Waals surface area contributed by atoms with Gasteiger partial charge in [0.1, 0.15) is 12.1 Å². The molecule has 0 spiro atoms. The van der Waals surface area contributed by atoms with Crippen molar-refractivity contribution >= 4 is 21.7 Å². The summed E-state index contributed by atoms with van der Waals surface area (Å²) in [5.41, 5.74) is 2.10. The lowest BCUT2D eigenvalue weighted by molar-refractivity contribution is 0.393. The van der Waals surface area contributed by atoms with Gasteiger partial charge in [-0.3, -0.25) is 0 Å². The zero-order valence-electron chi connectivity index (χ0n) is 10.3. The van der Waals surface area contributed by atoms with Crippen LogP contribution in [0.2, 0.25) is 0 Å². The molecule has 1 aromatic heterocycles. The molecule has 0 aliphatic rings. The summed E-state index contributed by atoms with van der Waals surface area (Å²) in [6.07, 6.45) is 1.50. The summed E-state index contributed by atoms with van der Waals surface area (Å²) >= 11 is 3.41. The maximum absolute atomic E-state index is 5.16. The van der Waals surface area contributed by atoms with Crippen LogP contribution in [0, 0.1) is 6.92 Å². The minimum absolute atomic E-state index is 0.600. The molecule has 2 aromatic rings. The summed E-state index contributed by atoms with van der Waals surface area (Å²) in [6.45, 7) is 2.65. The van der Waals surface area contributed by atoms with Gasteiger partial charge in [-0.15, -0.1) is 0 Å². The van der Waals surface area contributed by atoms with Crippen molar-refractivity contribution in [2.24, 2.45) is 0 Å². The zero-order valence-corrected chi connectivity index (χ0v) is 11.9. The van der Waals surface area contributed by atoms with Crippen LogP contribution in [0.1, 0.15) is 11.1 Å². The first kappa shape index (κ1) is 12.8. The molecule has 0 atom stereocenters. The molecule has 0 fully saturated rings. The standard InChI is InChI=1S/C13H14BrN3O/c1-9-12(16-8-17-13(9)18-2)15-7-10-3-5-11(14)6-4-10/h3-6,8H,7H2,1-2H3,(H,15,16,17). The minimum Gasteiger partial charge on any atom is -0.481 e. The lowest BCUT2D eigenvalue weighted by Crippen LogP contribution is -2.05. The van der Waals surface area contributed by atoms with Gasteiger partial charge in [-0.2, -0.15) is 0 Å². The first-order valence-corrected chi connectivity index (χ1v) is 6.34. The van der Waals surface area contributed by atoms with E-state index in [1.54, 1.807) is 7.11 Å². The average molecular weight is 308 g/mol. The van der Waals surface area contributed by atoms with Gasteiger partial charge in [0.05, 0.1) is 12.7 Å². The lowest BCUT2D eigenvalue weighted by atomic mass is 10.2. The van der Waals surface area contributed by atoms with Crippen LogP contribution in [-0.4, -0.2) is 17.1 Å². The van der Waals surface area contributed by atoms with E-state index < -0.39 is 0 Å². The van der Waals surface area contributed by atoms with E-state index in [0.717, 1.165) is 15.9 Å². The SMILES string of the molecule is COc1ncnc(NCc2ccc(Br)cc2)c1C. The Morgan fingerprint density at radius 3 is 2.61 bits per heavy atom. The van der Waals surface area contributed by atoms with Gasteiger partial charge in [-0.25, -0.2) is 9.97 Å². The first-order chi connectivity index (χ1) is 8.70. The Bertz CT molecular complexity index is 528. The highest BCUT2D eigenvalue weighted by molar-refractivity contribution is 9.10. The second-order valence-electron chi connectivity index (χ2n) is 3.84. The summed E-state index contributed by atoms with van der Waals surface area (Å²) in [4.78, 5) is 8.25. The number of nitrogens with one attached hydrogen (secondary N) is 1. The molecule has 0 amide bonds. The molecule has 0 saturated heterocycles. The van der Waals surface area contributed by atoms with Crippen molar-refractivity contribution in [3.8, 4) is 5.88 Å². The third-order valence-electron chi connectivity index (χ3n) is 2.60. The number of aromatic nitrogens is 2. The van der Waals surface area contributed by atoms with Crippen molar-refractivity contribution in [2.75, 3.05) is 12.4 Å². The summed E-state index contributed by atoms with van der Waals surface area (Å²) in [5.74, 6) is 1.40. The number of ether oxygens (including phenoxy) is 1. The second-order valence-corrected chi connectivity index (χ2v) is 4.75. The van der Waals surface area contributed by atoms with Gasteiger partial charge < -0.3 is 10.1 Å². The number of rotatable bonds is 4. The van der Waals surface area contributed by atoms with Crippen molar-refractivity contribution in [1.82, 2.24) is 9.97 Å². The Labute approximate surface area is 115 Å². The Balaban J connectivity index is 2.08. The smallest absolute Gasteiger partial charge is 0.221 e. The lowest BCUT2D eigenvalue weighted by Gasteiger charge is -2.10. The number of methoxy groups -OCH3 is 1. The molecule has 0 saturated carbocycles. The fourth-order valence-electron chi connectivity index (χ4n) is 1.61. The van der Waals surface area contributed by atoms with Crippen LogP contribution >= 0.6 is 15.9 Å². The topological polar surface area (TPSA) is 47.0 Å². The third-order valence-corrected chi connectivity index (χ3v) is 3.13. The summed E-state index contributed by atoms with van der Waals surface area (Å²) in [7, 11) is 1.60. The molecule has 4 nitrogen and oxygen atoms in total. The maximum Gasteiger partial charge on any atom is 0.221 e. The fourth-order valence-corrected chi connectivity index (χ4v) is 1.87. The number of hydrogen-bond acceptors (Lipinski definition) is 4. The second kappa shape index (κ2) is 5.82. The fraction of sp³-hybridized carbons (Fsp3) is 0.231. The van der Waals surface area contributed by atoms with Crippen LogP contribution in [0.25, 0.3) is 0 Å². The number of hydrogen-bond donors (Lipinski definition) is 1. The molecular formula is C13H14BrN3O. The molecule has 18 heavy (non-hydrogen) atoms. The summed E-state index contributed by atoms with van der Waals surface area (Å²) in [6, 6.07) is 8.16. The number of halogens is 1. The predicted molar refractivity (Wildman–Crippen MR) is 74.8 cm³/mol. The van der Waals surface area contributed by atoms with Gasteiger partial charge in [0.25, 0.3) is 0 Å². The van der Waals surface area contributed by atoms with E-state index in [9.17, 15) is 0 Å². The Morgan fingerprint density at radius 1 is 1.22 bits per heavy atom. The molecular weight excluding hydrogens is 294 g/mol. The van der Waals surface area contributed by atoms with Gasteiger partial charge in [-0.1, -0.05) is 28.1 Å². The minimum atomic E-state index is 0.600. The highest BCUT2D eigenvalue weighted by Crippen LogP contribution is 2.20. The molecule has 2 rings (SSSR count). The van der Waals surface area contributed by atoms with Crippen LogP contribution in [0.15, 0.2) is 35.1 Å². The van der Waals surface area contributed by atoms with Crippen LogP contribution in [0.5, 0.6) is 5.88 Å². The summed E-state index contributed by atoms with van der Waals surface area (Å²) < 4.78 is 6.23. The Kier molecular flexibility index (Phi) is 4.15. The number of anilines is 1. The van der Waals surface area contributed by atoms with E-state index in [0.29, 0.717) is 12.4 Å². The van der Waals surface area contributed by atoms with Gasteiger partial charge in [0.2, 0.25) is 5.88 Å². The molecule has 0 aliphatic carbocycles. The predicted octanol–water partition coefficient (Wildman–Crippen LogP) is 3.17. The van der Waals surface area contributed by atoms with E-state index in [1.807, 2.05) is 19.1 Å². The molecule has 1 heterocycles. The van der Waals surface area contributed by atoms with Crippen LogP contribution in [0.4, 0.5) is 5.82 Å². The molecule has 0 unspecified atom stereocenters. The van der Waals surface area contributed by atoms with E-state index >= 15 is 0 Å². The van der Waals surface area contributed by atoms with Crippen molar-refractivity contribution in [1.29, 1.82) is 0 Å². The largest absolute Gasteiger partial charge is 0.481 e. The van der Waals surface area contributed by atoms with Crippen molar-refractivity contribution < 1.29 is 4.74 Å². The van der Waals surface area contributed by atoms with E-state index in [2.05, 4.69) is 43.3 Å². The van der Waals surface area contributed by atoms with Crippen LogP contribution < -0.4 is 10.1 Å². The number of nitrogens with zero attached hydrogens (tertiary/aromatic N) is 2. The van der Waals surface area contributed by atoms with Gasteiger partial charge >= 0.3 is 0 Å². The Hall–Kier alpha value is -1.62. The van der Waals surface area contributed by atoms with Crippen molar-refractivity contribution in [2.45, 2.75) is 13.5 Å². The first-order valence-electron chi connectivity index (χ1n) is 5.54. The maximum atomic E-state index is 5.16. The molecule has 5 heteroatoms. The van der Waals surface area contributed by atoms with Crippen molar-refractivity contribution in [3.05, 3.63) is 46.2 Å². The quantitative estimate of drug-likeness (QED) is 0.942. The molecule has 0 bridgehead atoms. The summed E-state index contributed by atoms with van der Waals surface area (Å²) in [5, 5.41) is 3.28. The highest BCUT2D eigenvalue weighted by Gasteiger charge is 2.06. The van der Waals surface area contributed by atoms with E-state index in [-0.39, 0.29) is 0 Å². The normalized spacial score (nSPS) is 10.2. The molecule has 0 radical (unpaired) electrons. The van der Waals surface area contributed by atoms with Crippen LogP contribution in [-0.2, 0) is 6.54 Å². The molecule has 94 valence electrons. The van der Waals surface area contributed by atoms with Crippen molar-refractivity contribution in [3.63, 3.8) is 0 Å².